The summed E-state index contributed by atoms with van der Waals surface area (Å²) in [6.07, 6.45) is 3.55. The molecule has 0 spiro atoms. The predicted molar refractivity (Wildman–Crippen MR) is 119 cm³/mol. The number of aromatic nitrogens is 1. The number of amides is 1. The number of nitrogens with one attached hydrogen (secondary N) is 1. The Bertz CT molecular complexity index is 1090. The molecular weight excluding hydrogens is 394 g/mol. The lowest BCUT2D eigenvalue weighted by atomic mass is 10.1. The van der Waals surface area contributed by atoms with Gasteiger partial charge in [-0.1, -0.05) is 18.2 Å². The Labute approximate surface area is 181 Å². The van der Waals surface area contributed by atoms with Crippen LogP contribution in [0.4, 0.5) is 0 Å². The second-order valence-corrected chi connectivity index (χ2v) is 6.74. The van der Waals surface area contributed by atoms with Crippen molar-refractivity contribution in [2.24, 2.45) is 0 Å². The van der Waals surface area contributed by atoms with E-state index in [1.165, 1.54) is 0 Å². The Balaban J connectivity index is 1.76. The first kappa shape index (κ1) is 21.9. The number of hydrogen-bond acceptors (Lipinski definition) is 5. The molecule has 1 N–H and O–H groups in total. The van der Waals surface area contributed by atoms with E-state index in [0.29, 0.717) is 26.3 Å². The largest absolute Gasteiger partial charge is 0.497 e. The Morgan fingerprint density at radius 3 is 2.55 bits per heavy atom. The zero-order chi connectivity index (χ0) is 22.1. The Hall–Kier alpha value is -3.76. The van der Waals surface area contributed by atoms with Crippen molar-refractivity contribution in [1.29, 1.82) is 5.26 Å². The van der Waals surface area contributed by atoms with Gasteiger partial charge in [0.25, 0.3) is 5.91 Å². The molecule has 0 aliphatic heterocycles. The minimum absolute atomic E-state index is 0.0495. The number of ether oxygens (including phenoxy) is 3. The van der Waals surface area contributed by atoms with Gasteiger partial charge in [0.1, 0.15) is 29.7 Å². The zero-order valence-electron chi connectivity index (χ0n) is 17.6. The first-order valence-electron chi connectivity index (χ1n) is 9.90. The number of carbonyl (C=O) groups is 1. The maximum Gasteiger partial charge on any atom is 0.262 e. The number of nitriles is 1. The maximum absolute atomic E-state index is 12.3. The summed E-state index contributed by atoms with van der Waals surface area (Å²) in [4.78, 5) is 12.3. The van der Waals surface area contributed by atoms with Gasteiger partial charge >= 0.3 is 0 Å². The minimum Gasteiger partial charge on any atom is -0.497 e. The average Bonchev–Trinajstić information content (AvgIpc) is 3.15. The second kappa shape index (κ2) is 10.9. The van der Waals surface area contributed by atoms with Crippen molar-refractivity contribution >= 4 is 22.9 Å². The Morgan fingerprint density at radius 2 is 1.84 bits per heavy atom. The van der Waals surface area contributed by atoms with Crippen LogP contribution in [0.2, 0.25) is 0 Å². The summed E-state index contributed by atoms with van der Waals surface area (Å²) in [5.74, 6) is 1.12. The smallest absolute Gasteiger partial charge is 0.262 e. The molecule has 3 aromatic rings. The Kier molecular flexibility index (Phi) is 7.68. The van der Waals surface area contributed by atoms with Gasteiger partial charge in [0, 0.05) is 36.3 Å². The van der Waals surface area contributed by atoms with E-state index in [9.17, 15) is 10.1 Å². The molecule has 7 nitrogen and oxygen atoms in total. The van der Waals surface area contributed by atoms with E-state index in [1.54, 1.807) is 20.3 Å². The van der Waals surface area contributed by atoms with Crippen molar-refractivity contribution in [2.45, 2.75) is 6.54 Å². The molecule has 0 radical (unpaired) electrons. The van der Waals surface area contributed by atoms with Gasteiger partial charge in [-0.15, -0.1) is 0 Å². The lowest BCUT2D eigenvalue weighted by Gasteiger charge is -2.09. The van der Waals surface area contributed by atoms with E-state index >= 15 is 0 Å². The summed E-state index contributed by atoms with van der Waals surface area (Å²) < 4.78 is 18.0. The second-order valence-electron chi connectivity index (χ2n) is 6.74. The summed E-state index contributed by atoms with van der Waals surface area (Å²) in [7, 11) is 3.18. The highest BCUT2D eigenvalue weighted by molar-refractivity contribution is 6.04. The molecule has 3 rings (SSSR count). The molecule has 0 bridgehead atoms. The van der Waals surface area contributed by atoms with Gasteiger partial charge in [-0.3, -0.25) is 4.79 Å². The maximum atomic E-state index is 12.3. The normalized spacial score (nSPS) is 11.2. The van der Waals surface area contributed by atoms with E-state index < -0.39 is 5.91 Å². The third kappa shape index (κ3) is 5.65. The molecule has 0 aliphatic carbocycles. The van der Waals surface area contributed by atoms with Crippen molar-refractivity contribution in [3.8, 4) is 17.6 Å². The highest BCUT2D eigenvalue weighted by atomic mass is 16.5. The first-order chi connectivity index (χ1) is 15.2. The van der Waals surface area contributed by atoms with E-state index in [0.717, 1.165) is 28.0 Å². The van der Waals surface area contributed by atoms with Crippen molar-refractivity contribution in [1.82, 2.24) is 9.88 Å². The molecule has 1 heterocycles. The number of nitrogens with zero attached hydrogens (tertiary/aromatic N) is 2. The van der Waals surface area contributed by atoms with Gasteiger partial charge < -0.3 is 24.1 Å². The molecule has 0 atom stereocenters. The molecule has 7 heteroatoms. The zero-order valence-corrected chi connectivity index (χ0v) is 17.6. The Morgan fingerprint density at radius 1 is 1.10 bits per heavy atom. The molecule has 0 aliphatic rings. The molecule has 0 fully saturated rings. The molecule has 2 aromatic carbocycles. The van der Waals surface area contributed by atoms with Crippen LogP contribution in [0.5, 0.6) is 11.5 Å². The number of carbonyl (C=O) groups excluding carboxylic acids is 1. The van der Waals surface area contributed by atoms with E-state index in [4.69, 9.17) is 14.2 Å². The summed E-state index contributed by atoms with van der Waals surface area (Å²) in [6, 6.07) is 17.3. The van der Waals surface area contributed by atoms with Gasteiger partial charge in [0.15, 0.2) is 0 Å². The summed E-state index contributed by atoms with van der Waals surface area (Å²) in [6.45, 7) is 1.82. The molecule has 1 aromatic heterocycles. The number of hydrogen-bond donors (Lipinski definition) is 1. The quantitative estimate of drug-likeness (QED) is 0.309. The molecule has 31 heavy (non-hydrogen) atoms. The van der Waals surface area contributed by atoms with E-state index in [-0.39, 0.29) is 5.57 Å². The average molecular weight is 419 g/mol. The van der Waals surface area contributed by atoms with Gasteiger partial charge in [0.05, 0.1) is 20.3 Å². The number of methoxy groups -OCH3 is 2. The van der Waals surface area contributed by atoms with Crippen molar-refractivity contribution in [3.05, 3.63) is 65.9 Å². The van der Waals surface area contributed by atoms with Gasteiger partial charge in [-0.2, -0.15) is 5.26 Å². The summed E-state index contributed by atoms with van der Waals surface area (Å²) in [5.41, 5.74) is 1.86. The third-order valence-corrected chi connectivity index (χ3v) is 4.74. The van der Waals surface area contributed by atoms with Gasteiger partial charge in [0.2, 0.25) is 0 Å². The molecule has 0 unspecified atom stereocenters. The fourth-order valence-corrected chi connectivity index (χ4v) is 3.17. The SMILES string of the molecule is COCCNC(=O)/C(C#N)=C/c1cn(CCOc2ccc(OC)cc2)c2ccccc12. The van der Waals surface area contributed by atoms with E-state index in [1.807, 2.05) is 60.8 Å². The number of para-hydroxylation sites is 1. The number of benzene rings is 2. The van der Waals surface area contributed by atoms with Crippen LogP contribution in [0.15, 0.2) is 60.3 Å². The standard InChI is InChI=1S/C24H25N3O4/c1-29-13-11-26-24(28)18(16-25)15-19-17-27(23-6-4-3-5-22(19)23)12-14-31-21-9-7-20(30-2)8-10-21/h3-10,15,17H,11-14H2,1-2H3,(H,26,28)/b18-15+. The first-order valence-corrected chi connectivity index (χ1v) is 9.90. The topological polar surface area (TPSA) is 85.5 Å². The summed E-state index contributed by atoms with van der Waals surface area (Å²) >= 11 is 0. The van der Waals surface area contributed by atoms with Crippen LogP contribution in [-0.2, 0) is 16.1 Å². The number of fused-ring (bicyclic) bond motifs is 1. The van der Waals surface area contributed by atoms with Crippen LogP contribution in [0.3, 0.4) is 0 Å². The van der Waals surface area contributed by atoms with Gasteiger partial charge in [-0.25, -0.2) is 0 Å². The number of rotatable bonds is 10. The highest BCUT2D eigenvalue weighted by Gasteiger charge is 2.12. The van der Waals surface area contributed by atoms with Crippen molar-refractivity contribution < 1.29 is 19.0 Å². The van der Waals surface area contributed by atoms with E-state index in [2.05, 4.69) is 9.88 Å². The monoisotopic (exact) mass is 419 g/mol. The van der Waals surface area contributed by atoms with Crippen LogP contribution in [-0.4, -0.2) is 44.5 Å². The molecular formula is C24H25N3O4. The third-order valence-electron chi connectivity index (χ3n) is 4.74. The fourth-order valence-electron chi connectivity index (χ4n) is 3.17. The lowest BCUT2D eigenvalue weighted by Crippen LogP contribution is -2.27. The van der Waals surface area contributed by atoms with Crippen molar-refractivity contribution in [2.75, 3.05) is 34.0 Å². The van der Waals surface area contributed by atoms with Crippen LogP contribution >= 0.6 is 0 Å². The van der Waals surface area contributed by atoms with Crippen LogP contribution < -0.4 is 14.8 Å². The lowest BCUT2D eigenvalue weighted by molar-refractivity contribution is -0.117. The molecule has 160 valence electrons. The van der Waals surface area contributed by atoms with Gasteiger partial charge in [-0.05, 0) is 36.4 Å². The molecule has 0 saturated carbocycles. The molecule has 1 amide bonds. The van der Waals surface area contributed by atoms with Crippen LogP contribution in [0, 0.1) is 11.3 Å². The summed E-state index contributed by atoms with van der Waals surface area (Å²) in [5, 5.41) is 13.1. The molecule has 0 saturated heterocycles. The predicted octanol–water partition coefficient (Wildman–Crippen LogP) is 3.40. The fraction of sp³-hybridized carbons (Fsp3) is 0.250. The van der Waals surface area contributed by atoms with Crippen LogP contribution in [0.25, 0.3) is 17.0 Å². The minimum atomic E-state index is -0.417. The van der Waals surface area contributed by atoms with Crippen molar-refractivity contribution in [3.63, 3.8) is 0 Å². The van der Waals surface area contributed by atoms with Crippen LogP contribution in [0.1, 0.15) is 5.56 Å². The highest BCUT2D eigenvalue weighted by Crippen LogP contribution is 2.24.